The highest BCUT2D eigenvalue weighted by molar-refractivity contribution is 7.90. The Hall–Kier alpha value is -1.31. The molecule has 0 aliphatic rings. The molecule has 0 radical (unpaired) electrons. The molecule has 2 N–H and O–H groups in total. The third-order valence-corrected chi connectivity index (χ3v) is 2.71. The first kappa shape index (κ1) is 10.8. The van der Waals surface area contributed by atoms with E-state index in [9.17, 15) is 8.42 Å². The lowest BCUT2D eigenvalue weighted by atomic mass is 10.2. The van der Waals surface area contributed by atoms with Crippen molar-refractivity contribution in [2.24, 2.45) is 5.73 Å². The van der Waals surface area contributed by atoms with Crippen molar-refractivity contribution in [2.75, 3.05) is 12.8 Å². The Bertz CT molecular complexity index is 480. The van der Waals surface area contributed by atoms with E-state index in [2.05, 4.69) is 11.8 Å². The van der Waals surface area contributed by atoms with Crippen molar-refractivity contribution in [1.82, 2.24) is 0 Å². The van der Waals surface area contributed by atoms with Gasteiger partial charge >= 0.3 is 0 Å². The summed E-state index contributed by atoms with van der Waals surface area (Å²) < 4.78 is 22.4. The Morgan fingerprint density at radius 2 is 2.14 bits per heavy atom. The van der Waals surface area contributed by atoms with Gasteiger partial charge in [-0.3, -0.25) is 0 Å². The summed E-state index contributed by atoms with van der Waals surface area (Å²) in [5, 5.41) is 0. The average molecular weight is 209 g/mol. The lowest BCUT2D eigenvalue weighted by Gasteiger charge is -1.97. The predicted molar refractivity (Wildman–Crippen MR) is 55.5 cm³/mol. The molecule has 0 fully saturated rings. The second-order valence-corrected chi connectivity index (χ2v) is 4.82. The predicted octanol–water partition coefficient (Wildman–Crippen LogP) is 0.400. The van der Waals surface area contributed by atoms with Crippen LogP contribution in [-0.2, 0) is 9.84 Å². The van der Waals surface area contributed by atoms with E-state index in [0.29, 0.717) is 5.56 Å². The standard InChI is InChI=1S/C10H11NO2S/c1-14(12,13)10-6-2-4-9(8-10)5-3-7-11/h2,4,6,8H,7,11H2,1H3. The van der Waals surface area contributed by atoms with Crippen LogP contribution in [0.3, 0.4) is 0 Å². The van der Waals surface area contributed by atoms with E-state index < -0.39 is 9.84 Å². The molecule has 0 heterocycles. The maximum atomic E-state index is 11.2. The van der Waals surface area contributed by atoms with Crippen LogP contribution in [0.2, 0.25) is 0 Å². The smallest absolute Gasteiger partial charge is 0.175 e. The van der Waals surface area contributed by atoms with Gasteiger partial charge in [0.15, 0.2) is 9.84 Å². The number of sulfone groups is 1. The van der Waals surface area contributed by atoms with Crippen molar-refractivity contribution in [1.29, 1.82) is 0 Å². The van der Waals surface area contributed by atoms with Gasteiger partial charge in [0.2, 0.25) is 0 Å². The molecule has 14 heavy (non-hydrogen) atoms. The van der Waals surface area contributed by atoms with Crippen LogP contribution in [-0.4, -0.2) is 21.2 Å². The maximum absolute atomic E-state index is 11.2. The lowest BCUT2D eigenvalue weighted by molar-refractivity contribution is 0.602. The van der Waals surface area contributed by atoms with Gasteiger partial charge in [0.25, 0.3) is 0 Å². The topological polar surface area (TPSA) is 60.2 Å². The molecule has 1 aromatic rings. The molecule has 4 heteroatoms. The largest absolute Gasteiger partial charge is 0.320 e. The number of hydrogen-bond acceptors (Lipinski definition) is 3. The van der Waals surface area contributed by atoms with E-state index in [1.165, 1.54) is 12.3 Å². The summed E-state index contributed by atoms with van der Waals surface area (Å²) >= 11 is 0. The van der Waals surface area contributed by atoms with Gasteiger partial charge in [-0.1, -0.05) is 17.9 Å². The van der Waals surface area contributed by atoms with Gasteiger partial charge in [0.1, 0.15) is 0 Å². The molecule has 0 aliphatic carbocycles. The quantitative estimate of drug-likeness (QED) is 0.681. The maximum Gasteiger partial charge on any atom is 0.175 e. The lowest BCUT2D eigenvalue weighted by Crippen LogP contribution is -1.97. The fourth-order valence-electron chi connectivity index (χ4n) is 0.958. The highest BCUT2D eigenvalue weighted by Gasteiger charge is 2.05. The second kappa shape index (κ2) is 4.27. The second-order valence-electron chi connectivity index (χ2n) is 2.81. The molecule has 1 rings (SSSR count). The first-order chi connectivity index (χ1) is 6.54. The van der Waals surface area contributed by atoms with E-state index in [1.54, 1.807) is 18.2 Å². The summed E-state index contributed by atoms with van der Waals surface area (Å²) in [5.74, 6) is 5.44. The molecule has 0 amide bonds. The Kier molecular flexibility index (Phi) is 3.28. The van der Waals surface area contributed by atoms with Crippen molar-refractivity contribution in [2.45, 2.75) is 4.90 Å². The van der Waals surface area contributed by atoms with Gasteiger partial charge in [-0.2, -0.15) is 0 Å². The van der Waals surface area contributed by atoms with Crippen molar-refractivity contribution < 1.29 is 8.42 Å². The Labute approximate surface area is 83.9 Å². The van der Waals surface area contributed by atoms with Crippen molar-refractivity contribution in [3.63, 3.8) is 0 Å². The third kappa shape index (κ3) is 2.87. The fourth-order valence-corrected chi connectivity index (χ4v) is 1.62. The summed E-state index contributed by atoms with van der Waals surface area (Å²) in [4.78, 5) is 0.279. The van der Waals surface area contributed by atoms with Gasteiger partial charge in [0, 0.05) is 11.8 Å². The monoisotopic (exact) mass is 209 g/mol. The molecule has 0 bridgehead atoms. The molecule has 0 spiro atoms. The van der Waals surface area contributed by atoms with Gasteiger partial charge in [-0.05, 0) is 18.2 Å². The molecule has 1 aromatic carbocycles. The van der Waals surface area contributed by atoms with Crippen molar-refractivity contribution in [3.05, 3.63) is 29.8 Å². The van der Waals surface area contributed by atoms with Crippen LogP contribution in [0.25, 0.3) is 0 Å². The van der Waals surface area contributed by atoms with Crippen LogP contribution in [0.15, 0.2) is 29.2 Å². The third-order valence-electron chi connectivity index (χ3n) is 1.60. The van der Waals surface area contributed by atoms with Crippen LogP contribution in [0, 0.1) is 11.8 Å². The molecule has 0 aliphatic heterocycles. The molecule has 0 unspecified atom stereocenters. The zero-order valence-corrected chi connectivity index (χ0v) is 8.64. The fraction of sp³-hybridized carbons (Fsp3) is 0.200. The van der Waals surface area contributed by atoms with E-state index in [0.717, 1.165) is 0 Å². The van der Waals surface area contributed by atoms with Crippen LogP contribution < -0.4 is 5.73 Å². The Morgan fingerprint density at radius 3 is 2.71 bits per heavy atom. The molecule has 0 aromatic heterocycles. The van der Waals surface area contributed by atoms with Gasteiger partial charge in [0.05, 0.1) is 11.4 Å². The van der Waals surface area contributed by atoms with Crippen molar-refractivity contribution in [3.8, 4) is 11.8 Å². The number of hydrogen-bond donors (Lipinski definition) is 1. The normalized spacial score (nSPS) is 10.4. The van der Waals surface area contributed by atoms with E-state index in [1.807, 2.05) is 0 Å². The summed E-state index contributed by atoms with van der Waals surface area (Å²) in [6.07, 6.45) is 1.17. The highest BCUT2D eigenvalue weighted by Crippen LogP contribution is 2.10. The summed E-state index contributed by atoms with van der Waals surface area (Å²) in [6, 6.07) is 6.50. The minimum Gasteiger partial charge on any atom is -0.320 e. The first-order valence-corrected chi connectivity index (χ1v) is 5.92. The summed E-state index contributed by atoms with van der Waals surface area (Å²) in [5.41, 5.74) is 5.87. The molecule has 0 saturated heterocycles. The summed E-state index contributed by atoms with van der Waals surface area (Å²) in [6.45, 7) is 0.267. The zero-order chi connectivity index (χ0) is 10.6. The van der Waals surface area contributed by atoms with E-state index >= 15 is 0 Å². The average Bonchev–Trinajstić information content (AvgIpc) is 2.14. The SMILES string of the molecule is CS(=O)(=O)c1cccc(C#CCN)c1. The van der Waals surface area contributed by atoms with Crippen LogP contribution in [0.5, 0.6) is 0 Å². The minimum absolute atomic E-state index is 0.267. The van der Waals surface area contributed by atoms with Crippen molar-refractivity contribution >= 4 is 9.84 Å². The van der Waals surface area contributed by atoms with Crippen LogP contribution in [0.1, 0.15) is 5.56 Å². The number of benzene rings is 1. The first-order valence-electron chi connectivity index (χ1n) is 4.03. The molecular formula is C10H11NO2S. The van der Waals surface area contributed by atoms with Crippen LogP contribution in [0.4, 0.5) is 0 Å². The van der Waals surface area contributed by atoms with Crippen LogP contribution >= 0.6 is 0 Å². The Morgan fingerprint density at radius 1 is 1.43 bits per heavy atom. The van der Waals surface area contributed by atoms with Gasteiger partial charge in [-0.15, -0.1) is 0 Å². The highest BCUT2D eigenvalue weighted by atomic mass is 32.2. The Balaban J connectivity index is 3.14. The molecule has 0 saturated carbocycles. The van der Waals surface area contributed by atoms with E-state index in [4.69, 9.17) is 5.73 Å². The summed E-state index contributed by atoms with van der Waals surface area (Å²) in [7, 11) is -3.15. The van der Waals surface area contributed by atoms with Gasteiger partial charge < -0.3 is 5.73 Å². The number of nitrogens with two attached hydrogens (primary N) is 1. The molecule has 3 nitrogen and oxygen atoms in total. The molecular weight excluding hydrogens is 198 g/mol. The van der Waals surface area contributed by atoms with Gasteiger partial charge in [-0.25, -0.2) is 8.42 Å². The minimum atomic E-state index is -3.15. The zero-order valence-electron chi connectivity index (χ0n) is 7.82. The number of rotatable bonds is 1. The molecule has 0 atom stereocenters. The molecule has 74 valence electrons. The van der Waals surface area contributed by atoms with E-state index in [-0.39, 0.29) is 11.4 Å².